The fourth-order valence-corrected chi connectivity index (χ4v) is 4.28. The summed E-state index contributed by atoms with van der Waals surface area (Å²) in [7, 11) is 1.72. The van der Waals surface area contributed by atoms with Crippen molar-refractivity contribution < 1.29 is 58.5 Å². The molecule has 9 N–H and O–H groups in total. The zero-order valence-corrected chi connectivity index (χ0v) is 27.0. The number of likely N-dealkylation sites (N-methyl/N-ethyl adjacent to an activating group) is 1. The smallest absolute Gasteiger partial charge is 0.326 e. The zero-order chi connectivity index (χ0) is 35.9. The minimum absolute atomic E-state index is 0.0580. The number of rotatable bonds is 26. The van der Waals surface area contributed by atoms with Crippen LogP contribution in [0.1, 0.15) is 84.5 Å². The molecule has 5 amide bonds. The molecule has 47 heavy (non-hydrogen) atoms. The summed E-state index contributed by atoms with van der Waals surface area (Å²) in [6.07, 6.45) is 0.541. The first-order chi connectivity index (χ1) is 22.1. The monoisotopic (exact) mass is 672 g/mol. The van der Waals surface area contributed by atoms with Crippen LogP contribution in [0.4, 0.5) is 0 Å². The summed E-state index contributed by atoms with van der Waals surface area (Å²) in [5, 5.41) is 42.7. The second-order valence-electron chi connectivity index (χ2n) is 10.9. The second kappa shape index (κ2) is 23.7. The topological polar surface area (TPSA) is 286 Å². The molecule has 0 bridgehead atoms. The summed E-state index contributed by atoms with van der Waals surface area (Å²) in [6, 6.07) is -4.53. The van der Waals surface area contributed by atoms with E-state index in [-0.39, 0.29) is 50.0 Å². The van der Waals surface area contributed by atoms with Gasteiger partial charge < -0.3 is 47.2 Å². The summed E-state index contributed by atoms with van der Waals surface area (Å²) < 4.78 is 0. The summed E-state index contributed by atoms with van der Waals surface area (Å²) in [5.74, 6) is -7.18. The average Bonchev–Trinajstić information content (AvgIpc) is 2.98. The molecule has 0 saturated carbocycles. The van der Waals surface area contributed by atoms with Gasteiger partial charge in [-0.1, -0.05) is 0 Å². The Balaban J connectivity index is 4.45. The highest BCUT2D eigenvalue weighted by molar-refractivity contribution is 5.87. The number of ketones is 1. The standard InChI is InChI=1S/C29H48N6O12/c1-17(36)19(30-3)7-4-5-15-31-23(38)8-6-16-32-24(39)12-9-21(28(44)45)34-26(41)14-11-22(29(46)47)35-25(40)13-10-20(27(42)43)33-18(2)37/h19-22,30H,4-16H2,1-3H3,(H,31,38)(H,32,39)(H,33,37)(H,34,41)(H,35,40)(H,42,43)(H,44,45)(H,46,47)/t19-,20?,21-,22-/m0/s1. The maximum absolute atomic E-state index is 12.3. The van der Waals surface area contributed by atoms with E-state index in [1.165, 1.54) is 6.92 Å². The van der Waals surface area contributed by atoms with Crippen molar-refractivity contribution >= 4 is 53.2 Å². The molecule has 0 aliphatic heterocycles. The van der Waals surface area contributed by atoms with Crippen molar-refractivity contribution in [3.8, 4) is 0 Å². The third kappa shape index (κ3) is 20.9. The molecule has 266 valence electrons. The lowest BCUT2D eigenvalue weighted by atomic mass is 10.1. The highest BCUT2D eigenvalue weighted by Crippen LogP contribution is 2.05. The second-order valence-corrected chi connectivity index (χ2v) is 10.9. The summed E-state index contributed by atoms with van der Waals surface area (Å²) in [4.78, 5) is 105. The van der Waals surface area contributed by atoms with E-state index in [2.05, 4.69) is 31.9 Å². The number of Topliss-reactive ketones (excluding diaryl/α,β-unsaturated/α-hetero) is 1. The lowest BCUT2D eigenvalue weighted by Crippen LogP contribution is -2.45. The molecule has 0 aliphatic rings. The number of hydrogen-bond donors (Lipinski definition) is 9. The van der Waals surface area contributed by atoms with Gasteiger partial charge in [-0.15, -0.1) is 0 Å². The Kier molecular flexibility index (Phi) is 21.4. The molecule has 1 unspecified atom stereocenters. The lowest BCUT2D eigenvalue weighted by Gasteiger charge is -2.17. The van der Waals surface area contributed by atoms with E-state index in [4.69, 9.17) is 5.11 Å². The molecule has 18 heteroatoms. The number of carbonyl (C=O) groups excluding carboxylic acids is 6. The van der Waals surface area contributed by atoms with Gasteiger partial charge in [-0.3, -0.25) is 28.8 Å². The van der Waals surface area contributed by atoms with Gasteiger partial charge in [-0.25, -0.2) is 14.4 Å². The van der Waals surface area contributed by atoms with Crippen LogP contribution in [0.15, 0.2) is 0 Å². The Morgan fingerprint density at radius 2 is 0.894 bits per heavy atom. The van der Waals surface area contributed by atoms with Gasteiger partial charge in [-0.05, 0) is 58.9 Å². The van der Waals surface area contributed by atoms with Gasteiger partial charge in [0, 0.05) is 45.7 Å². The van der Waals surface area contributed by atoms with Gasteiger partial charge >= 0.3 is 17.9 Å². The normalized spacial score (nSPS) is 13.2. The van der Waals surface area contributed by atoms with Crippen molar-refractivity contribution in [1.82, 2.24) is 31.9 Å². The van der Waals surface area contributed by atoms with Gasteiger partial charge in [0.25, 0.3) is 0 Å². The van der Waals surface area contributed by atoms with Crippen LogP contribution in [0, 0.1) is 0 Å². The van der Waals surface area contributed by atoms with Gasteiger partial charge in [-0.2, -0.15) is 0 Å². The average molecular weight is 673 g/mol. The quantitative estimate of drug-likeness (QED) is 0.0469. The van der Waals surface area contributed by atoms with Gasteiger partial charge in [0.2, 0.25) is 29.5 Å². The fourth-order valence-electron chi connectivity index (χ4n) is 4.28. The van der Waals surface area contributed by atoms with Crippen LogP contribution in [0.25, 0.3) is 0 Å². The molecule has 0 rings (SSSR count). The van der Waals surface area contributed by atoms with Crippen molar-refractivity contribution in [3.63, 3.8) is 0 Å². The van der Waals surface area contributed by atoms with Crippen LogP contribution in [0.5, 0.6) is 0 Å². The molecule has 0 fully saturated rings. The molecule has 4 atom stereocenters. The number of carboxylic acid groups (broad SMARTS) is 3. The minimum Gasteiger partial charge on any atom is -0.480 e. The summed E-state index contributed by atoms with van der Waals surface area (Å²) in [6.45, 7) is 3.25. The fraction of sp³-hybridized carbons (Fsp3) is 0.690. The number of carboxylic acids is 3. The van der Waals surface area contributed by atoms with Gasteiger partial charge in [0.15, 0.2) is 0 Å². The van der Waals surface area contributed by atoms with E-state index < -0.39 is 78.9 Å². The van der Waals surface area contributed by atoms with Crippen molar-refractivity contribution in [2.75, 3.05) is 20.1 Å². The Bertz CT molecular complexity index is 1120. The van der Waals surface area contributed by atoms with Crippen LogP contribution in [0.2, 0.25) is 0 Å². The highest BCUT2D eigenvalue weighted by atomic mass is 16.4. The van der Waals surface area contributed by atoms with Crippen LogP contribution in [-0.2, 0) is 43.2 Å². The van der Waals surface area contributed by atoms with E-state index >= 15 is 0 Å². The first-order valence-corrected chi connectivity index (χ1v) is 15.3. The molecule has 0 spiro atoms. The summed E-state index contributed by atoms with van der Waals surface area (Å²) in [5.41, 5.74) is 0. The molecule has 0 aromatic heterocycles. The summed E-state index contributed by atoms with van der Waals surface area (Å²) >= 11 is 0. The molecule has 0 heterocycles. The third-order valence-corrected chi connectivity index (χ3v) is 6.91. The Labute approximate surface area is 272 Å². The van der Waals surface area contributed by atoms with Crippen molar-refractivity contribution in [1.29, 1.82) is 0 Å². The van der Waals surface area contributed by atoms with Crippen LogP contribution < -0.4 is 31.9 Å². The molecular formula is C29H48N6O12. The number of aliphatic carboxylic acids is 3. The Hall–Kier alpha value is -4.61. The largest absolute Gasteiger partial charge is 0.480 e. The van der Waals surface area contributed by atoms with Crippen LogP contribution in [0.3, 0.4) is 0 Å². The van der Waals surface area contributed by atoms with E-state index in [0.717, 1.165) is 13.3 Å². The molecule has 0 aromatic carbocycles. The Morgan fingerprint density at radius 1 is 0.489 bits per heavy atom. The van der Waals surface area contributed by atoms with Crippen LogP contribution >= 0.6 is 0 Å². The van der Waals surface area contributed by atoms with Gasteiger partial charge in [0.05, 0.1) is 6.04 Å². The predicted octanol–water partition coefficient (Wildman–Crippen LogP) is -1.58. The maximum Gasteiger partial charge on any atom is 0.326 e. The van der Waals surface area contributed by atoms with E-state index in [1.807, 2.05) is 0 Å². The SMILES string of the molecule is CN[C@@H](CCCCNC(=O)CCCNC(=O)CC[C@H](NC(=O)CC[C@H](NC(=O)CCC(NC(C)=O)C(=O)O)C(=O)O)C(=O)O)C(C)=O. The van der Waals surface area contributed by atoms with E-state index in [1.54, 1.807) is 7.05 Å². The van der Waals surface area contributed by atoms with Gasteiger partial charge in [0.1, 0.15) is 23.9 Å². The minimum atomic E-state index is -1.53. The third-order valence-electron chi connectivity index (χ3n) is 6.91. The van der Waals surface area contributed by atoms with Crippen molar-refractivity contribution in [2.45, 2.75) is 109 Å². The molecular weight excluding hydrogens is 624 g/mol. The Morgan fingerprint density at radius 3 is 1.30 bits per heavy atom. The first kappa shape index (κ1) is 42.4. The molecule has 18 nitrogen and oxygen atoms in total. The predicted molar refractivity (Wildman–Crippen MR) is 165 cm³/mol. The number of unbranched alkanes of at least 4 members (excludes halogenated alkanes) is 1. The van der Waals surface area contributed by atoms with E-state index in [0.29, 0.717) is 25.8 Å². The molecule has 0 radical (unpaired) electrons. The lowest BCUT2D eigenvalue weighted by molar-refractivity contribution is -0.144. The van der Waals surface area contributed by atoms with E-state index in [9.17, 15) is 53.4 Å². The van der Waals surface area contributed by atoms with Crippen molar-refractivity contribution in [2.24, 2.45) is 0 Å². The maximum atomic E-state index is 12.3. The highest BCUT2D eigenvalue weighted by Gasteiger charge is 2.26. The number of nitrogens with one attached hydrogen (secondary N) is 6. The molecule has 0 saturated heterocycles. The first-order valence-electron chi connectivity index (χ1n) is 15.3. The number of carbonyl (C=O) groups is 9. The molecule has 0 aliphatic carbocycles. The number of hydrogen-bond acceptors (Lipinski definition) is 10. The van der Waals surface area contributed by atoms with Crippen molar-refractivity contribution in [3.05, 3.63) is 0 Å². The molecule has 0 aromatic rings. The zero-order valence-electron chi connectivity index (χ0n) is 27.0. The van der Waals surface area contributed by atoms with Crippen LogP contribution in [-0.4, -0.2) is 113 Å². The number of amides is 5.